The summed E-state index contributed by atoms with van der Waals surface area (Å²) in [6.45, 7) is 0.382. The van der Waals surface area contributed by atoms with Gasteiger partial charge in [0.05, 0.1) is 23.1 Å². The van der Waals surface area contributed by atoms with Crippen LogP contribution in [0.1, 0.15) is 83.2 Å². The molecule has 2 saturated carbocycles. The molecule has 7 nitrogen and oxygen atoms in total. The highest BCUT2D eigenvalue weighted by Gasteiger charge is 2.38. The van der Waals surface area contributed by atoms with Crippen LogP contribution >= 0.6 is 0 Å². The molecule has 2 aromatic rings. The molecule has 0 radical (unpaired) electrons. The third-order valence-electron chi connectivity index (χ3n) is 7.48. The van der Waals surface area contributed by atoms with E-state index in [2.05, 4.69) is 4.98 Å². The number of carbonyl (C=O) groups is 1. The third kappa shape index (κ3) is 7.09. The summed E-state index contributed by atoms with van der Waals surface area (Å²) in [5, 5.41) is 0. The number of rotatable bonds is 9. The Morgan fingerprint density at radius 1 is 1.10 bits per heavy atom. The summed E-state index contributed by atoms with van der Waals surface area (Å²) < 4.78 is 101. The van der Waals surface area contributed by atoms with Crippen LogP contribution in [0.2, 0.25) is 0 Å². The van der Waals surface area contributed by atoms with E-state index < -0.39 is 44.7 Å². The summed E-state index contributed by atoms with van der Waals surface area (Å²) in [4.78, 5) is 18.5. The van der Waals surface area contributed by atoms with Crippen molar-refractivity contribution in [2.24, 2.45) is 0 Å². The minimum atomic E-state index is -4.47. The van der Waals surface area contributed by atoms with Crippen molar-refractivity contribution < 1.29 is 39.9 Å². The number of halogens is 5. The van der Waals surface area contributed by atoms with E-state index in [4.69, 9.17) is 4.74 Å². The van der Waals surface area contributed by atoms with E-state index in [-0.39, 0.29) is 56.7 Å². The number of likely N-dealkylation sites (tertiary alicyclic amines) is 1. The molecule has 1 N–H and O–H groups in total. The van der Waals surface area contributed by atoms with E-state index in [1.807, 2.05) is 4.90 Å². The number of nitrogens with one attached hydrogen (secondary N) is 1. The van der Waals surface area contributed by atoms with Crippen LogP contribution in [0.3, 0.4) is 0 Å². The number of nitrogens with zero attached hydrogens (tertiary/aromatic N) is 2. The number of ether oxygens (including phenoxy) is 1. The maximum atomic E-state index is 15.7. The van der Waals surface area contributed by atoms with Crippen molar-refractivity contribution in [3.63, 3.8) is 0 Å². The average molecular weight is 588 g/mol. The topological polar surface area (TPSA) is 88.6 Å². The number of pyridine rings is 1. The van der Waals surface area contributed by atoms with E-state index in [1.165, 1.54) is 6.07 Å². The van der Waals surface area contributed by atoms with Crippen LogP contribution in [0.5, 0.6) is 5.75 Å². The highest BCUT2D eigenvalue weighted by Crippen LogP contribution is 2.46. The number of hydrogen-bond donors (Lipinski definition) is 1. The highest BCUT2D eigenvalue weighted by atomic mass is 32.2. The van der Waals surface area contributed by atoms with E-state index >= 15 is 4.39 Å². The van der Waals surface area contributed by atoms with Gasteiger partial charge in [-0.25, -0.2) is 21.9 Å². The molecule has 3 fully saturated rings. The van der Waals surface area contributed by atoms with E-state index in [1.54, 1.807) is 4.72 Å². The maximum Gasteiger partial charge on any atom is 0.416 e. The van der Waals surface area contributed by atoms with Gasteiger partial charge in [-0.1, -0.05) is 0 Å². The smallest absolute Gasteiger partial charge is 0.416 e. The Bertz CT molecular complexity index is 1400. The predicted molar refractivity (Wildman–Crippen MR) is 136 cm³/mol. The van der Waals surface area contributed by atoms with Crippen LogP contribution in [-0.2, 0) is 22.7 Å². The van der Waals surface area contributed by atoms with Crippen LogP contribution in [0.25, 0.3) is 0 Å². The van der Waals surface area contributed by atoms with Gasteiger partial charge in [0.15, 0.2) is 0 Å². The average Bonchev–Trinajstić information content (AvgIpc) is 3.76. The second kappa shape index (κ2) is 10.6. The van der Waals surface area contributed by atoms with Crippen LogP contribution in [0, 0.1) is 5.82 Å². The lowest BCUT2D eigenvalue weighted by atomic mass is 9.94. The molecule has 1 aromatic heterocycles. The van der Waals surface area contributed by atoms with Crippen LogP contribution < -0.4 is 9.46 Å². The lowest BCUT2D eigenvalue weighted by Gasteiger charge is -2.36. The first kappa shape index (κ1) is 28.7. The molecule has 5 rings (SSSR count). The lowest BCUT2D eigenvalue weighted by Crippen LogP contribution is -2.44. The molecule has 0 spiro atoms. The van der Waals surface area contributed by atoms with Gasteiger partial charge in [0.2, 0.25) is 10.0 Å². The van der Waals surface area contributed by atoms with Crippen molar-refractivity contribution in [2.45, 2.75) is 68.8 Å². The van der Waals surface area contributed by atoms with Gasteiger partial charge in [0.1, 0.15) is 23.8 Å². The van der Waals surface area contributed by atoms with E-state index in [0.717, 1.165) is 50.1 Å². The van der Waals surface area contributed by atoms with Gasteiger partial charge in [-0.2, -0.15) is 13.2 Å². The molecule has 3 aliphatic rings. The molecule has 0 bridgehead atoms. The Hall–Kier alpha value is -2.80. The fourth-order valence-corrected chi connectivity index (χ4v) is 5.39. The lowest BCUT2D eigenvalue weighted by molar-refractivity contribution is -0.137. The zero-order valence-corrected chi connectivity index (χ0v) is 22.7. The number of piperidine rings is 1. The predicted octanol–water partition coefficient (Wildman–Crippen LogP) is 5.07. The standard InChI is InChI=1S/C27H30F5N3O4S/c1-40(37,38)34-25(36)21-12-20(16-2-3-16)24(13-22(21)28)39-15-26(29)6-8-35(9-7-26)14-19-10-18(27(30,31)32)11-23(33-19)17-4-5-17/h10-13,16-17H,2-9,14-15H2,1H3,(H,34,36). The van der Waals surface area contributed by atoms with Crippen LogP contribution in [0.4, 0.5) is 22.0 Å². The molecule has 1 saturated heterocycles. The Balaban J connectivity index is 1.22. The Morgan fingerprint density at radius 2 is 1.75 bits per heavy atom. The summed E-state index contributed by atoms with van der Waals surface area (Å²) in [6.07, 6.45) is -0.350. The summed E-state index contributed by atoms with van der Waals surface area (Å²) >= 11 is 0. The molecule has 40 heavy (non-hydrogen) atoms. The monoisotopic (exact) mass is 587 g/mol. The summed E-state index contributed by atoms with van der Waals surface area (Å²) in [6, 6.07) is 4.42. The normalized spacial score (nSPS) is 19.9. The number of hydrogen-bond acceptors (Lipinski definition) is 6. The summed E-state index contributed by atoms with van der Waals surface area (Å²) in [5.74, 6) is -1.91. The zero-order chi connectivity index (χ0) is 28.9. The molecule has 1 aromatic carbocycles. The Morgan fingerprint density at radius 3 is 2.33 bits per heavy atom. The van der Waals surface area contributed by atoms with Crippen molar-refractivity contribution in [2.75, 3.05) is 26.0 Å². The SMILES string of the molecule is CS(=O)(=O)NC(=O)c1cc(C2CC2)c(OCC2(F)CCN(Cc3cc(C(F)(F)F)cc(C4CC4)n3)CC2)cc1F. The summed E-state index contributed by atoms with van der Waals surface area (Å²) in [5.41, 5.74) is -1.61. The number of benzene rings is 1. The Kier molecular flexibility index (Phi) is 7.58. The number of carbonyl (C=O) groups excluding carboxylic acids is 1. The molecular formula is C27H30F5N3O4S. The second-order valence-electron chi connectivity index (χ2n) is 11.1. The van der Waals surface area contributed by atoms with Crippen molar-refractivity contribution in [1.29, 1.82) is 0 Å². The van der Waals surface area contributed by atoms with Crippen molar-refractivity contribution >= 4 is 15.9 Å². The van der Waals surface area contributed by atoms with Gasteiger partial charge < -0.3 is 4.74 Å². The zero-order valence-electron chi connectivity index (χ0n) is 21.9. The van der Waals surface area contributed by atoms with Gasteiger partial charge in [-0.15, -0.1) is 0 Å². The molecule has 2 aliphatic carbocycles. The van der Waals surface area contributed by atoms with Crippen molar-refractivity contribution in [1.82, 2.24) is 14.6 Å². The fourth-order valence-electron chi connectivity index (χ4n) is 4.94. The van der Waals surface area contributed by atoms with Crippen molar-refractivity contribution in [3.8, 4) is 5.75 Å². The molecule has 13 heteroatoms. The van der Waals surface area contributed by atoms with Crippen LogP contribution in [-0.4, -0.2) is 55.8 Å². The second-order valence-corrected chi connectivity index (χ2v) is 12.9. The van der Waals surface area contributed by atoms with Gasteiger partial charge in [0, 0.05) is 37.3 Å². The molecule has 1 amide bonds. The quantitative estimate of drug-likeness (QED) is 0.413. The molecule has 1 aliphatic heterocycles. The van der Waals surface area contributed by atoms with Gasteiger partial charge in [-0.05, 0) is 68.2 Å². The van der Waals surface area contributed by atoms with Gasteiger partial charge in [0.25, 0.3) is 5.91 Å². The summed E-state index contributed by atoms with van der Waals surface area (Å²) in [7, 11) is -3.89. The largest absolute Gasteiger partial charge is 0.490 e. The first-order chi connectivity index (χ1) is 18.7. The molecule has 218 valence electrons. The molecule has 0 unspecified atom stereocenters. The third-order valence-corrected chi connectivity index (χ3v) is 8.04. The van der Waals surface area contributed by atoms with E-state index in [9.17, 15) is 30.8 Å². The Labute approximate surface area is 229 Å². The fraction of sp³-hybridized carbons (Fsp3) is 0.556. The highest BCUT2D eigenvalue weighted by molar-refractivity contribution is 7.89. The number of sulfonamides is 1. The number of amides is 1. The maximum absolute atomic E-state index is 15.7. The van der Waals surface area contributed by atoms with Gasteiger partial charge in [-0.3, -0.25) is 14.7 Å². The minimum absolute atomic E-state index is 0.00159. The molecule has 0 atom stereocenters. The van der Waals surface area contributed by atoms with Crippen molar-refractivity contribution in [3.05, 3.63) is 58.2 Å². The van der Waals surface area contributed by atoms with Crippen LogP contribution in [0.15, 0.2) is 24.3 Å². The minimum Gasteiger partial charge on any atom is -0.490 e. The molecular weight excluding hydrogens is 557 g/mol. The van der Waals surface area contributed by atoms with E-state index in [0.29, 0.717) is 17.0 Å². The number of alkyl halides is 4. The number of aromatic nitrogens is 1. The van der Waals surface area contributed by atoms with Gasteiger partial charge >= 0.3 is 6.18 Å². The first-order valence-corrected chi connectivity index (χ1v) is 15.1. The first-order valence-electron chi connectivity index (χ1n) is 13.2. The molecule has 2 heterocycles.